The van der Waals surface area contributed by atoms with Crippen molar-refractivity contribution >= 4 is 55.1 Å². The summed E-state index contributed by atoms with van der Waals surface area (Å²) in [6.45, 7) is 1.90. The molecule has 2 aromatic carbocycles. The lowest BCUT2D eigenvalue weighted by Crippen LogP contribution is -2.13. The third-order valence-electron chi connectivity index (χ3n) is 2.61. The fourth-order valence-electron chi connectivity index (χ4n) is 1.66. The molecule has 2 aromatic rings. The summed E-state index contributed by atoms with van der Waals surface area (Å²) in [4.78, 5) is 12.2. The second kappa shape index (κ2) is 6.07. The Bertz CT molecular complexity index is 643. The molecule has 0 aliphatic heterocycles. The number of carbonyl (C=O) groups excluding carboxylic acids is 1. The van der Waals surface area contributed by atoms with Gasteiger partial charge in [-0.15, -0.1) is 0 Å². The van der Waals surface area contributed by atoms with E-state index in [2.05, 4.69) is 37.2 Å². The predicted octanol–water partition coefficient (Wildman–Crippen LogP) is 5.43. The van der Waals surface area contributed by atoms with E-state index in [4.69, 9.17) is 11.6 Å². The average Bonchev–Trinajstić information content (AvgIpc) is 2.32. The number of aryl methyl sites for hydroxylation is 1. The number of carbonyl (C=O) groups is 1. The van der Waals surface area contributed by atoms with Gasteiger partial charge in [-0.1, -0.05) is 27.5 Å². The molecule has 0 saturated carbocycles. The van der Waals surface area contributed by atoms with E-state index in [0.717, 1.165) is 14.5 Å². The third kappa shape index (κ3) is 3.59. The average molecular weight is 404 g/mol. The zero-order valence-corrected chi connectivity index (χ0v) is 13.9. The molecule has 0 saturated heterocycles. The van der Waals surface area contributed by atoms with Crippen molar-refractivity contribution in [2.24, 2.45) is 0 Å². The molecule has 0 aliphatic carbocycles. The fraction of sp³-hybridized carbons (Fsp3) is 0.0714. The third-order valence-corrected chi connectivity index (χ3v) is 4.00. The van der Waals surface area contributed by atoms with Crippen molar-refractivity contribution in [3.05, 3.63) is 61.5 Å². The van der Waals surface area contributed by atoms with Crippen LogP contribution in [0.5, 0.6) is 0 Å². The van der Waals surface area contributed by atoms with Gasteiger partial charge in [-0.2, -0.15) is 0 Å². The molecule has 19 heavy (non-hydrogen) atoms. The zero-order valence-electron chi connectivity index (χ0n) is 10.0. The summed E-state index contributed by atoms with van der Waals surface area (Å²) in [6.07, 6.45) is 0. The van der Waals surface area contributed by atoms with E-state index < -0.39 is 0 Å². The van der Waals surface area contributed by atoms with E-state index in [0.29, 0.717) is 16.3 Å². The summed E-state index contributed by atoms with van der Waals surface area (Å²) in [5.74, 6) is -0.145. The van der Waals surface area contributed by atoms with E-state index in [1.54, 1.807) is 24.3 Å². The summed E-state index contributed by atoms with van der Waals surface area (Å²) in [5, 5.41) is 3.47. The molecule has 0 aliphatic rings. The Hall–Kier alpha value is -0.840. The van der Waals surface area contributed by atoms with Crippen molar-refractivity contribution < 1.29 is 4.79 Å². The minimum Gasteiger partial charge on any atom is -0.321 e. The number of amides is 1. The molecule has 0 aromatic heterocycles. The number of anilines is 1. The Kier molecular flexibility index (Phi) is 4.66. The van der Waals surface area contributed by atoms with E-state index in [9.17, 15) is 4.79 Å². The topological polar surface area (TPSA) is 29.1 Å². The van der Waals surface area contributed by atoms with Gasteiger partial charge < -0.3 is 5.32 Å². The van der Waals surface area contributed by atoms with Gasteiger partial charge in [0.25, 0.3) is 5.91 Å². The van der Waals surface area contributed by atoms with Gasteiger partial charge in [0, 0.05) is 19.5 Å². The number of nitrogens with one attached hydrogen (secondary N) is 1. The van der Waals surface area contributed by atoms with E-state index >= 15 is 0 Å². The number of hydrogen-bond acceptors (Lipinski definition) is 1. The Labute approximate surface area is 133 Å². The van der Waals surface area contributed by atoms with Crippen LogP contribution in [0, 0.1) is 6.92 Å². The Morgan fingerprint density at radius 2 is 1.89 bits per heavy atom. The highest BCUT2D eigenvalue weighted by atomic mass is 79.9. The van der Waals surface area contributed by atoms with Gasteiger partial charge in [0.05, 0.1) is 5.69 Å². The molecular weight excluding hydrogens is 393 g/mol. The predicted molar refractivity (Wildman–Crippen MR) is 86.0 cm³/mol. The first-order valence-electron chi connectivity index (χ1n) is 5.50. The van der Waals surface area contributed by atoms with Gasteiger partial charge in [0.2, 0.25) is 0 Å². The summed E-state index contributed by atoms with van der Waals surface area (Å²) in [6, 6.07) is 10.8. The van der Waals surface area contributed by atoms with Crippen LogP contribution in [-0.2, 0) is 0 Å². The summed E-state index contributed by atoms with van der Waals surface area (Å²) in [5.41, 5.74) is 2.25. The van der Waals surface area contributed by atoms with Crippen molar-refractivity contribution in [1.82, 2.24) is 0 Å². The minimum atomic E-state index is -0.145. The maximum Gasteiger partial charge on any atom is 0.255 e. The first-order chi connectivity index (χ1) is 8.97. The van der Waals surface area contributed by atoms with Gasteiger partial charge in [-0.05, 0) is 64.8 Å². The minimum absolute atomic E-state index is 0.145. The molecule has 0 radical (unpaired) electrons. The van der Waals surface area contributed by atoms with Crippen LogP contribution in [0.15, 0.2) is 45.3 Å². The molecule has 0 fully saturated rings. The van der Waals surface area contributed by atoms with Crippen LogP contribution < -0.4 is 5.32 Å². The lowest BCUT2D eigenvalue weighted by atomic mass is 10.1. The van der Waals surface area contributed by atoms with Crippen LogP contribution in [0.2, 0.25) is 5.02 Å². The highest BCUT2D eigenvalue weighted by Gasteiger charge is 2.11. The van der Waals surface area contributed by atoms with Crippen LogP contribution in [0.3, 0.4) is 0 Å². The molecule has 0 unspecified atom stereocenters. The molecule has 2 nitrogen and oxygen atoms in total. The molecule has 2 rings (SSSR count). The second-order valence-electron chi connectivity index (χ2n) is 4.04. The molecular formula is C14H10Br2ClNO. The molecule has 0 bridgehead atoms. The number of benzene rings is 2. The molecule has 0 spiro atoms. The highest BCUT2D eigenvalue weighted by molar-refractivity contribution is 9.10. The van der Waals surface area contributed by atoms with Gasteiger partial charge in [0.15, 0.2) is 0 Å². The van der Waals surface area contributed by atoms with Crippen LogP contribution in [0.4, 0.5) is 5.69 Å². The van der Waals surface area contributed by atoms with Crippen molar-refractivity contribution in [1.29, 1.82) is 0 Å². The molecule has 1 amide bonds. The fourth-order valence-corrected chi connectivity index (χ4v) is 2.92. The van der Waals surface area contributed by atoms with Gasteiger partial charge >= 0.3 is 0 Å². The number of hydrogen-bond donors (Lipinski definition) is 1. The maximum atomic E-state index is 12.2. The molecule has 98 valence electrons. The highest BCUT2D eigenvalue weighted by Crippen LogP contribution is 2.26. The van der Waals surface area contributed by atoms with Crippen LogP contribution >= 0.6 is 43.5 Å². The van der Waals surface area contributed by atoms with Crippen LogP contribution in [0.25, 0.3) is 0 Å². The number of rotatable bonds is 2. The van der Waals surface area contributed by atoms with Gasteiger partial charge in [-0.3, -0.25) is 4.79 Å². The van der Waals surface area contributed by atoms with Crippen molar-refractivity contribution in [3.8, 4) is 0 Å². The lowest BCUT2D eigenvalue weighted by Gasteiger charge is -2.09. The Balaban J connectivity index is 2.25. The first kappa shape index (κ1) is 14.6. The smallest absolute Gasteiger partial charge is 0.255 e. The van der Waals surface area contributed by atoms with Gasteiger partial charge in [-0.25, -0.2) is 0 Å². The van der Waals surface area contributed by atoms with Crippen molar-refractivity contribution in [3.63, 3.8) is 0 Å². The first-order valence-corrected chi connectivity index (χ1v) is 7.46. The van der Waals surface area contributed by atoms with Crippen molar-refractivity contribution in [2.75, 3.05) is 5.32 Å². The normalized spacial score (nSPS) is 10.3. The van der Waals surface area contributed by atoms with Crippen LogP contribution in [0.1, 0.15) is 15.9 Å². The molecule has 5 heteroatoms. The zero-order chi connectivity index (χ0) is 14.0. The summed E-state index contributed by atoms with van der Waals surface area (Å²) >= 11 is 12.6. The Morgan fingerprint density at radius 3 is 2.53 bits per heavy atom. The lowest BCUT2D eigenvalue weighted by molar-refractivity contribution is 0.102. The Morgan fingerprint density at radius 1 is 1.16 bits per heavy atom. The maximum absolute atomic E-state index is 12.2. The largest absolute Gasteiger partial charge is 0.321 e. The second-order valence-corrected chi connectivity index (χ2v) is 6.24. The summed E-state index contributed by atoms with van der Waals surface area (Å²) in [7, 11) is 0. The standard InChI is InChI=1S/C14H10Br2ClNO/c1-8-6-9(15)2-4-11(8)14(19)18-13-5-3-10(17)7-12(13)16/h2-7H,1H3,(H,18,19). The molecule has 0 heterocycles. The molecule has 1 N–H and O–H groups in total. The van der Waals surface area contributed by atoms with Crippen LogP contribution in [-0.4, -0.2) is 5.91 Å². The summed E-state index contributed by atoms with van der Waals surface area (Å²) < 4.78 is 1.71. The monoisotopic (exact) mass is 401 g/mol. The quantitative estimate of drug-likeness (QED) is 0.712. The van der Waals surface area contributed by atoms with E-state index in [-0.39, 0.29) is 5.91 Å². The van der Waals surface area contributed by atoms with Gasteiger partial charge in [0.1, 0.15) is 0 Å². The van der Waals surface area contributed by atoms with Crippen molar-refractivity contribution in [2.45, 2.75) is 6.92 Å². The van der Waals surface area contributed by atoms with E-state index in [1.807, 2.05) is 19.1 Å². The van der Waals surface area contributed by atoms with E-state index in [1.165, 1.54) is 0 Å². The molecule has 0 atom stereocenters. The number of halogens is 3. The SMILES string of the molecule is Cc1cc(Br)ccc1C(=O)Nc1ccc(Cl)cc1Br.